The standard InChI is InChI=1S/C28H23F6NO4S/c1-13-12-25(2,3)35-16-6-5-14-22(21(13)16)19(39-18-8-7-17(36)24(38-4)23(14)18)11-20-15(9-10-40-20)26(37,27(29,30)31)28(32,33)34/h5-12,35-37H,1-4H3. The van der Waals surface area contributed by atoms with Crippen LogP contribution in [0.1, 0.15) is 42.3 Å². The zero-order chi connectivity index (χ0) is 29.4. The van der Waals surface area contributed by atoms with Crippen molar-refractivity contribution < 1.29 is 46.0 Å². The fourth-order valence-electron chi connectivity index (χ4n) is 5.27. The van der Waals surface area contributed by atoms with Crippen molar-refractivity contribution >= 4 is 34.4 Å². The molecule has 0 saturated carbocycles. The molecule has 2 aliphatic heterocycles. The maximum Gasteiger partial charge on any atom is 0.430 e. The highest BCUT2D eigenvalue weighted by molar-refractivity contribution is 7.11. The minimum Gasteiger partial charge on any atom is -0.504 e. The number of fused-ring (bicyclic) bond motifs is 5. The molecule has 0 spiro atoms. The quantitative estimate of drug-likeness (QED) is 0.273. The van der Waals surface area contributed by atoms with Gasteiger partial charge >= 0.3 is 12.4 Å². The lowest BCUT2D eigenvalue weighted by Crippen LogP contribution is -2.54. The Labute approximate surface area is 229 Å². The van der Waals surface area contributed by atoms with Crippen LogP contribution in [-0.2, 0) is 5.60 Å². The second-order valence-electron chi connectivity index (χ2n) is 10.1. The third kappa shape index (κ3) is 4.12. The number of alkyl halides is 6. The van der Waals surface area contributed by atoms with Gasteiger partial charge in [0, 0.05) is 32.8 Å². The van der Waals surface area contributed by atoms with Crippen LogP contribution in [0.15, 0.2) is 41.8 Å². The van der Waals surface area contributed by atoms with Crippen molar-refractivity contribution in [3.63, 3.8) is 0 Å². The molecule has 1 aromatic heterocycles. The van der Waals surface area contributed by atoms with Gasteiger partial charge in [0.25, 0.3) is 5.60 Å². The minimum absolute atomic E-state index is 0.0447. The third-order valence-electron chi connectivity index (χ3n) is 6.84. The lowest BCUT2D eigenvalue weighted by molar-refractivity contribution is -0.376. The molecule has 2 aromatic carbocycles. The number of aliphatic hydroxyl groups is 1. The first-order valence-electron chi connectivity index (χ1n) is 11.9. The Morgan fingerprint density at radius 2 is 1.65 bits per heavy atom. The summed E-state index contributed by atoms with van der Waals surface area (Å²) in [5.41, 5.74) is -3.65. The first kappa shape index (κ1) is 27.9. The molecule has 0 unspecified atom stereocenters. The lowest BCUT2D eigenvalue weighted by Gasteiger charge is -2.35. The number of allylic oxidation sites excluding steroid dienone is 1. The average molecular weight is 584 g/mol. The monoisotopic (exact) mass is 583 g/mol. The molecule has 12 heteroatoms. The summed E-state index contributed by atoms with van der Waals surface area (Å²) in [4.78, 5) is -0.490. The molecule has 3 aromatic rings. The van der Waals surface area contributed by atoms with Crippen molar-refractivity contribution in [1.82, 2.24) is 0 Å². The molecule has 40 heavy (non-hydrogen) atoms. The number of phenolic OH excluding ortho intramolecular Hbond substituents is 1. The maximum atomic E-state index is 13.8. The average Bonchev–Trinajstić information content (AvgIpc) is 3.29. The van der Waals surface area contributed by atoms with Gasteiger partial charge in [0.2, 0.25) is 0 Å². The summed E-state index contributed by atoms with van der Waals surface area (Å²) in [6.45, 7) is 5.71. The van der Waals surface area contributed by atoms with Crippen molar-refractivity contribution in [2.45, 2.75) is 44.3 Å². The number of aromatic hydroxyl groups is 1. The number of methoxy groups -OCH3 is 1. The second kappa shape index (κ2) is 8.93. The molecule has 2 aliphatic rings. The summed E-state index contributed by atoms with van der Waals surface area (Å²) in [5.74, 6) is 0.0214. The van der Waals surface area contributed by atoms with Gasteiger partial charge in [-0.2, -0.15) is 26.3 Å². The van der Waals surface area contributed by atoms with E-state index < -0.39 is 33.9 Å². The van der Waals surface area contributed by atoms with Crippen LogP contribution in [0.4, 0.5) is 32.0 Å². The summed E-state index contributed by atoms with van der Waals surface area (Å²) in [6.07, 6.45) is -9.09. The van der Waals surface area contributed by atoms with Gasteiger partial charge in [-0.1, -0.05) is 12.1 Å². The molecule has 0 saturated heterocycles. The number of anilines is 1. The Hall–Kier alpha value is -3.64. The van der Waals surface area contributed by atoms with Crippen LogP contribution in [-0.4, -0.2) is 35.2 Å². The third-order valence-corrected chi connectivity index (χ3v) is 7.70. The number of hydrogen-bond donors (Lipinski definition) is 3. The summed E-state index contributed by atoms with van der Waals surface area (Å²) >= 11 is 0.595. The van der Waals surface area contributed by atoms with E-state index in [9.17, 15) is 36.6 Å². The molecule has 0 amide bonds. The Morgan fingerprint density at radius 3 is 2.27 bits per heavy atom. The van der Waals surface area contributed by atoms with Crippen LogP contribution in [0.25, 0.3) is 28.5 Å². The van der Waals surface area contributed by atoms with E-state index >= 15 is 0 Å². The number of ether oxygens (including phenoxy) is 2. The molecule has 0 fully saturated rings. The Kier molecular flexibility index (Phi) is 6.23. The molecule has 5 rings (SSSR count). The molecule has 0 radical (unpaired) electrons. The normalized spacial score (nSPS) is 17.3. The summed E-state index contributed by atoms with van der Waals surface area (Å²) in [6, 6.07) is 6.84. The minimum atomic E-state index is -6.05. The smallest absolute Gasteiger partial charge is 0.430 e. The highest BCUT2D eigenvalue weighted by atomic mass is 32.1. The Morgan fingerprint density at radius 1 is 0.975 bits per heavy atom. The van der Waals surface area contributed by atoms with Gasteiger partial charge in [0.15, 0.2) is 11.5 Å². The number of hydrogen-bond acceptors (Lipinski definition) is 6. The summed E-state index contributed by atoms with van der Waals surface area (Å²) < 4.78 is 94.1. The molecule has 212 valence electrons. The van der Waals surface area contributed by atoms with Crippen molar-refractivity contribution in [3.8, 4) is 28.4 Å². The number of halogens is 6. The predicted molar refractivity (Wildman–Crippen MR) is 140 cm³/mol. The molecule has 3 heterocycles. The first-order valence-corrected chi connectivity index (χ1v) is 12.8. The molecule has 3 N–H and O–H groups in total. The van der Waals surface area contributed by atoms with Gasteiger partial charge in [0.05, 0.1) is 18.2 Å². The van der Waals surface area contributed by atoms with Gasteiger partial charge < -0.3 is 25.0 Å². The van der Waals surface area contributed by atoms with E-state index in [0.29, 0.717) is 45.3 Å². The topological polar surface area (TPSA) is 71.0 Å². The molecule has 0 bridgehead atoms. The number of phenols is 1. The number of benzene rings is 2. The Bertz CT molecular complexity index is 1570. The Balaban J connectivity index is 1.82. The van der Waals surface area contributed by atoms with Crippen molar-refractivity contribution in [3.05, 3.63) is 63.4 Å². The van der Waals surface area contributed by atoms with E-state index in [1.165, 1.54) is 19.2 Å². The van der Waals surface area contributed by atoms with Gasteiger partial charge in [-0.3, -0.25) is 0 Å². The molecular weight excluding hydrogens is 560 g/mol. The van der Waals surface area contributed by atoms with Gasteiger partial charge in [-0.05, 0) is 62.1 Å². The van der Waals surface area contributed by atoms with Crippen LogP contribution in [0.5, 0.6) is 17.2 Å². The SMILES string of the molecule is COc1c(O)ccc2c1-c1ccc3c(c1C(=Cc1sccc1C(O)(C(F)(F)F)C(F)(F)F)O2)C(C)=CC(C)(C)N3. The van der Waals surface area contributed by atoms with E-state index in [-0.39, 0.29) is 23.0 Å². The second-order valence-corrected chi connectivity index (χ2v) is 11.0. The molecule has 0 aliphatic carbocycles. The van der Waals surface area contributed by atoms with Crippen LogP contribution in [0.2, 0.25) is 0 Å². The van der Waals surface area contributed by atoms with Crippen molar-refractivity contribution in [2.24, 2.45) is 0 Å². The fourth-order valence-corrected chi connectivity index (χ4v) is 6.13. The zero-order valence-corrected chi connectivity index (χ0v) is 22.3. The lowest BCUT2D eigenvalue weighted by atomic mass is 9.82. The number of rotatable bonds is 3. The van der Waals surface area contributed by atoms with E-state index in [0.717, 1.165) is 17.0 Å². The molecular formula is C28H23F6NO4S. The molecule has 0 atom stereocenters. The van der Waals surface area contributed by atoms with Crippen molar-refractivity contribution in [2.75, 3.05) is 12.4 Å². The van der Waals surface area contributed by atoms with Crippen LogP contribution >= 0.6 is 11.3 Å². The van der Waals surface area contributed by atoms with Crippen LogP contribution in [0.3, 0.4) is 0 Å². The van der Waals surface area contributed by atoms with Gasteiger partial charge in [-0.15, -0.1) is 11.3 Å². The van der Waals surface area contributed by atoms with Gasteiger partial charge in [-0.25, -0.2) is 0 Å². The zero-order valence-electron chi connectivity index (χ0n) is 21.5. The maximum absolute atomic E-state index is 13.8. The summed E-state index contributed by atoms with van der Waals surface area (Å²) in [5, 5.41) is 25.0. The number of thiophene rings is 1. The first-order chi connectivity index (χ1) is 18.5. The molecule has 5 nitrogen and oxygen atoms in total. The van der Waals surface area contributed by atoms with E-state index in [1.54, 1.807) is 12.1 Å². The highest BCUT2D eigenvalue weighted by Crippen LogP contribution is 2.56. The van der Waals surface area contributed by atoms with E-state index in [1.807, 2.05) is 26.8 Å². The van der Waals surface area contributed by atoms with Gasteiger partial charge in [0.1, 0.15) is 11.5 Å². The highest BCUT2D eigenvalue weighted by Gasteiger charge is 2.72. The number of nitrogens with one attached hydrogen (secondary N) is 1. The van der Waals surface area contributed by atoms with Crippen molar-refractivity contribution in [1.29, 1.82) is 0 Å². The van der Waals surface area contributed by atoms with Crippen LogP contribution in [0, 0.1) is 0 Å². The van der Waals surface area contributed by atoms with E-state index in [2.05, 4.69) is 5.32 Å². The van der Waals surface area contributed by atoms with Crippen LogP contribution < -0.4 is 14.8 Å². The predicted octanol–water partition coefficient (Wildman–Crippen LogP) is 7.94. The summed E-state index contributed by atoms with van der Waals surface area (Å²) in [7, 11) is 1.35. The fraction of sp³-hybridized carbons (Fsp3) is 0.286. The largest absolute Gasteiger partial charge is 0.504 e. The van der Waals surface area contributed by atoms with E-state index in [4.69, 9.17) is 9.47 Å².